The molecule has 3 aromatic rings. The van der Waals surface area contributed by atoms with E-state index in [0.717, 1.165) is 0 Å². The SMILES string of the molecule is CC(=O)c1cccc(C(C)(C)CC(O)(Cn2cc(C)c(=O)c3ccccc32)C(F)(F)F)c1O. The lowest BCUT2D eigenvalue weighted by Gasteiger charge is -2.39. The zero-order valence-corrected chi connectivity index (χ0v) is 18.8. The highest BCUT2D eigenvalue weighted by molar-refractivity contribution is 5.97. The van der Waals surface area contributed by atoms with Crippen LogP contribution in [0.15, 0.2) is 53.5 Å². The molecule has 0 fully saturated rings. The molecule has 1 atom stereocenters. The second-order valence-electron chi connectivity index (χ2n) is 9.13. The highest BCUT2D eigenvalue weighted by Gasteiger charge is 2.56. The van der Waals surface area contributed by atoms with Crippen LogP contribution in [0.1, 0.15) is 48.7 Å². The number of carbonyl (C=O) groups excluding carboxylic acids is 1. The number of rotatable bonds is 6. The minimum Gasteiger partial charge on any atom is -0.507 e. The predicted molar refractivity (Wildman–Crippen MR) is 120 cm³/mol. The van der Waals surface area contributed by atoms with E-state index >= 15 is 0 Å². The average molecular weight is 461 g/mol. The summed E-state index contributed by atoms with van der Waals surface area (Å²) in [7, 11) is 0. The number of aromatic nitrogens is 1. The van der Waals surface area contributed by atoms with Gasteiger partial charge in [-0.05, 0) is 43.9 Å². The average Bonchev–Trinajstić information content (AvgIpc) is 2.70. The molecule has 176 valence electrons. The van der Waals surface area contributed by atoms with Crippen LogP contribution < -0.4 is 5.43 Å². The lowest BCUT2D eigenvalue weighted by Crippen LogP contribution is -2.52. The van der Waals surface area contributed by atoms with E-state index in [-0.39, 0.29) is 33.0 Å². The van der Waals surface area contributed by atoms with Crippen molar-refractivity contribution in [3.05, 3.63) is 75.6 Å². The maximum absolute atomic E-state index is 14.3. The summed E-state index contributed by atoms with van der Waals surface area (Å²) in [6.07, 6.45) is -4.50. The molecule has 0 aliphatic rings. The summed E-state index contributed by atoms with van der Waals surface area (Å²) >= 11 is 0. The number of carbonyl (C=O) groups is 1. The van der Waals surface area contributed by atoms with Gasteiger partial charge >= 0.3 is 6.18 Å². The van der Waals surface area contributed by atoms with Crippen LogP contribution in [0, 0.1) is 6.92 Å². The molecule has 0 amide bonds. The second-order valence-corrected chi connectivity index (χ2v) is 9.13. The van der Waals surface area contributed by atoms with E-state index in [0.29, 0.717) is 0 Å². The number of pyridine rings is 1. The molecule has 1 unspecified atom stereocenters. The molecule has 3 rings (SSSR count). The Kier molecular flexibility index (Phi) is 6.19. The molecule has 0 aliphatic heterocycles. The number of nitrogens with zero attached hydrogens (tertiary/aromatic N) is 1. The van der Waals surface area contributed by atoms with Crippen LogP contribution in [0.5, 0.6) is 5.75 Å². The number of Topliss-reactive ketones (excluding diaryl/α,β-unsaturated/α-hetero) is 1. The van der Waals surface area contributed by atoms with E-state index in [9.17, 15) is 33.0 Å². The minimum absolute atomic E-state index is 0.00171. The third-order valence-electron chi connectivity index (χ3n) is 6.00. The van der Waals surface area contributed by atoms with E-state index in [2.05, 4.69) is 0 Å². The number of phenolic OH excluding ortho intramolecular Hbond substituents is 1. The van der Waals surface area contributed by atoms with Crippen molar-refractivity contribution in [2.24, 2.45) is 0 Å². The molecule has 2 N–H and O–H groups in total. The number of halogens is 3. The Bertz CT molecular complexity index is 1280. The van der Waals surface area contributed by atoms with Crippen molar-refractivity contribution in [2.45, 2.75) is 57.9 Å². The van der Waals surface area contributed by atoms with Gasteiger partial charge < -0.3 is 14.8 Å². The van der Waals surface area contributed by atoms with Crippen molar-refractivity contribution in [1.82, 2.24) is 4.57 Å². The molecule has 0 bridgehead atoms. The lowest BCUT2D eigenvalue weighted by molar-refractivity contribution is -0.271. The van der Waals surface area contributed by atoms with Crippen molar-refractivity contribution in [1.29, 1.82) is 0 Å². The summed E-state index contributed by atoms with van der Waals surface area (Å²) in [5, 5.41) is 21.8. The first-order chi connectivity index (χ1) is 15.2. The zero-order chi connectivity index (χ0) is 24.8. The first-order valence-electron chi connectivity index (χ1n) is 10.4. The van der Waals surface area contributed by atoms with Crippen molar-refractivity contribution >= 4 is 16.7 Å². The molecule has 33 heavy (non-hydrogen) atoms. The second kappa shape index (κ2) is 8.33. The molecule has 0 spiro atoms. The number of hydrogen-bond acceptors (Lipinski definition) is 4. The van der Waals surface area contributed by atoms with Gasteiger partial charge in [0, 0.05) is 22.7 Å². The molecular weight excluding hydrogens is 435 g/mol. The van der Waals surface area contributed by atoms with Gasteiger partial charge in [0.25, 0.3) is 0 Å². The van der Waals surface area contributed by atoms with E-state index in [1.54, 1.807) is 12.1 Å². The Morgan fingerprint density at radius 2 is 1.70 bits per heavy atom. The molecule has 0 aliphatic carbocycles. The van der Waals surface area contributed by atoms with Gasteiger partial charge in [-0.1, -0.05) is 38.1 Å². The van der Waals surface area contributed by atoms with E-state index in [1.807, 2.05) is 0 Å². The number of benzene rings is 2. The number of aromatic hydroxyl groups is 1. The van der Waals surface area contributed by atoms with Gasteiger partial charge in [0.15, 0.2) is 16.8 Å². The Morgan fingerprint density at radius 1 is 1.06 bits per heavy atom. The van der Waals surface area contributed by atoms with Gasteiger partial charge in [-0.3, -0.25) is 9.59 Å². The molecule has 1 aromatic heterocycles. The molecular formula is C25H26F3NO4. The van der Waals surface area contributed by atoms with Gasteiger partial charge in [-0.15, -0.1) is 0 Å². The fraction of sp³-hybridized carbons (Fsp3) is 0.360. The Balaban J connectivity index is 2.12. The zero-order valence-electron chi connectivity index (χ0n) is 18.8. The van der Waals surface area contributed by atoms with Crippen molar-refractivity contribution in [3.8, 4) is 5.75 Å². The fourth-order valence-corrected chi connectivity index (χ4v) is 4.35. The van der Waals surface area contributed by atoms with E-state index in [4.69, 9.17) is 0 Å². The molecule has 5 nitrogen and oxygen atoms in total. The normalized spacial score (nSPS) is 14.3. The lowest BCUT2D eigenvalue weighted by atomic mass is 9.73. The molecule has 1 heterocycles. The number of alkyl halides is 3. The molecule has 0 saturated heterocycles. The Morgan fingerprint density at radius 3 is 2.30 bits per heavy atom. The first-order valence-corrected chi connectivity index (χ1v) is 10.4. The largest absolute Gasteiger partial charge is 0.507 e. The number of fused-ring (bicyclic) bond motifs is 1. The van der Waals surface area contributed by atoms with Crippen LogP contribution >= 0.6 is 0 Å². The van der Waals surface area contributed by atoms with E-state index in [1.165, 1.54) is 68.8 Å². The topological polar surface area (TPSA) is 79.5 Å². The van der Waals surface area contributed by atoms with Gasteiger partial charge in [-0.25, -0.2) is 0 Å². The number of ketones is 1. The van der Waals surface area contributed by atoms with Crippen molar-refractivity contribution in [3.63, 3.8) is 0 Å². The Hall–Kier alpha value is -3.13. The summed E-state index contributed by atoms with van der Waals surface area (Å²) in [4.78, 5) is 24.2. The number of aliphatic hydroxyl groups is 1. The van der Waals surface area contributed by atoms with Crippen molar-refractivity contribution in [2.75, 3.05) is 0 Å². The third-order valence-corrected chi connectivity index (χ3v) is 6.00. The minimum atomic E-state index is -5.02. The smallest absolute Gasteiger partial charge is 0.418 e. The molecule has 2 aromatic carbocycles. The summed E-state index contributed by atoms with van der Waals surface area (Å²) in [6.45, 7) is 4.85. The van der Waals surface area contributed by atoms with Crippen LogP contribution in [0.4, 0.5) is 13.2 Å². The van der Waals surface area contributed by atoms with Crippen LogP contribution in [0.2, 0.25) is 0 Å². The summed E-state index contributed by atoms with van der Waals surface area (Å²) < 4.78 is 44.1. The van der Waals surface area contributed by atoms with Gasteiger partial charge in [0.05, 0.1) is 17.6 Å². The highest BCUT2D eigenvalue weighted by atomic mass is 19.4. The van der Waals surface area contributed by atoms with Gasteiger partial charge in [0.1, 0.15) is 5.75 Å². The monoisotopic (exact) mass is 461 g/mol. The summed E-state index contributed by atoms with van der Waals surface area (Å²) in [5.41, 5.74) is -4.19. The number of aryl methyl sites for hydroxylation is 1. The molecule has 8 heteroatoms. The van der Waals surface area contributed by atoms with E-state index < -0.39 is 41.7 Å². The highest BCUT2D eigenvalue weighted by Crippen LogP contribution is 2.45. The fourth-order valence-electron chi connectivity index (χ4n) is 4.35. The maximum Gasteiger partial charge on any atom is 0.418 e. The van der Waals surface area contributed by atoms with Crippen LogP contribution in [-0.2, 0) is 12.0 Å². The Labute approximate surface area is 189 Å². The quantitative estimate of drug-likeness (QED) is 0.513. The van der Waals surface area contributed by atoms with Crippen molar-refractivity contribution < 1.29 is 28.2 Å². The summed E-state index contributed by atoms with van der Waals surface area (Å²) in [5.74, 6) is -0.824. The third kappa shape index (κ3) is 4.53. The maximum atomic E-state index is 14.3. The molecule has 0 saturated carbocycles. The molecule has 0 radical (unpaired) electrons. The van der Waals surface area contributed by atoms with Crippen LogP contribution in [0.25, 0.3) is 10.9 Å². The number of phenols is 1. The predicted octanol–water partition coefficient (Wildman–Crippen LogP) is 4.88. The van der Waals surface area contributed by atoms with Crippen LogP contribution in [0.3, 0.4) is 0 Å². The van der Waals surface area contributed by atoms with Gasteiger partial charge in [0.2, 0.25) is 0 Å². The van der Waals surface area contributed by atoms with Gasteiger partial charge in [-0.2, -0.15) is 13.2 Å². The number of hydrogen-bond donors (Lipinski definition) is 2. The summed E-state index contributed by atoms with van der Waals surface area (Å²) in [6, 6.07) is 10.6. The van der Waals surface area contributed by atoms with Crippen LogP contribution in [-0.4, -0.2) is 32.3 Å². The number of para-hydroxylation sites is 2. The standard InChI is InChI=1S/C25H26F3NO4/c1-15-12-29(20-11-6-5-8-18(20)21(15)31)14-24(33,25(26,27)28)13-23(3,4)19-10-7-9-17(16(2)30)22(19)32/h5-12,32-33H,13-14H2,1-4H3. The first kappa shape index (κ1) is 24.5.